The summed E-state index contributed by atoms with van der Waals surface area (Å²) in [6.45, 7) is 2.92. The van der Waals surface area contributed by atoms with Gasteiger partial charge in [0.2, 0.25) is 0 Å². The van der Waals surface area contributed by atoms with E-state index in [0.29, 0.717) is 12.1 Å². The zero-order valence-corrected chi connectivity index (χ0v) is 17.3. The number of benzene rings is 2. The molecule has 2 unspecified atom stereocenters. The number of aromatic nitrogens is 2. The molecule has 31 heavy (non-hydrogen) atoms. The van der Waals surface area contributed by atoms with Gasteiger partial charge in [-0.15, -0.1) is 0 Å². The van der Waals surface area contributed by atoms with Gasteiger partial charge in [-0.1, -0.05) is 31.2 Å². The van der Waals surface area contributed by atoms with Crippen LogP contribution in [0.15, 0.2) is 54.7 Å². The normalized spacial score (nSPS) is 13.0. The maximum atomic E-state index is 13.5. The molecule has 1 aromatic heterocycles. The average Bonchev–Trinajstić information content (AvgIpc) is 3.27. The number of nitrogens with two attached hydrogens (primary N) is 1. The summed E-state index contributed by atoms with van der Waals surface area (Å²) < 4.78 is 32.7. The van der Waals surface area contributed by atoms with Crippen molar-refractivity contribution < 1.29 is 18.3 Å². The summed E-state index contributed by atoms with van der Waals surface area (Å²) in [5, 5.41) is 9.56. The van der Waals surface area contributed by atoms with Crippen LogP contribution in [0.3, 0.4) is 0 Å². The molecule has 0 aliphatic carbocycles. The van der Waals surface area contributed by atoms with E-state index in [2.05, 4.69) is 34.6 Å². The highest BCUT2D eigenvalue weighted by Gasteiger charge is 2.24. The standard InChI is InChI=1S/C23H26F2N4O2/c1-2-15-4-3-5-16(8-15)13-27-14-22(31-23(30)21-6-7-28-29-21)20(26)11-17-9-18(24)12-19(25)10-17/h3-10,12,20,22,27H,2,11,13-14,26H2,1H3,(H,28,29). The molecular formula is C23H26F2N4O2. The van der Waals surface area contributed by atoms with Crippen molar-refractivity contribution in [1.29, 1.82) is 0 Å². The molecule has 164 valence electrons. The predicted molar refractivity (Wildman–Crippen MR) is 113 cm³/mol. The topological polar surface area (TPSA) is 93.0 Å². The minimum Gasteiger partial charge on any atom is -0.455 e. The lowest BCUT2D eigenvalue weighted by Crippen LogP contribution is -2.46. The third kappa shape index (κ3) is 6.70. The molecule has 0 aliphatic rings. The largest absolute Gasteiger partial charge is 0.455 e. The van der Waals surface area contributed by atoms with Crippen molar-refractivity contribution >= 4 is 5.97 Å². The quantitative estimate of drug-likeness (QED) is 0.432. The number of hydrogen-bond donors (Lipinski definition) is 3. The Morgan fingerprint density at radius 1 is 1.13 bits per heavy atom. The molecule has 2 aromatic carbocycles. The van der Waals surface area contributed by atoms with Gasteiger partial charge in [0.05, 0.1) is 0 Å². The molecule has 0 aliphatic heterocycles. The van der Waals surface area contributed by atoms with E-state index in [4.69, 9.17) is 10.5 Å². The van der Waals surface area contributed by atoms with Crippen molar-refractivity contribution in [3.05, 3.63) is 88.7 Å². The number of rotatable bonds is 10. The Morgan fingerprint density at radius 3 is 2.55 bits per heavy atom. The average molecular weight is 428 g/mol. The third-order valence-corrected chi connectivity index (χ3v) is 4.92. The van der Waals surface area contributed by atoms with Gasteiger partial charge in [-0.2, -0.15) is 5.10 Å². The minimum atomic E-state index is -0.725. The fourth-order valence-electron chi connectivity index (χ4n) is 3.30. The highest BCUT2D eigenvalue weighted by Crippen LogP contribution is 2.13. The van der Waals surface area contributed by atoms with Crippen molar-refractivity contribution in [2.45, 2.75) is 38.5 Å². The molecule has 0 fully saturated rings. The number of carbonyl (C=O) groups is 1. The van der Waals surface area contributed by atoms with Crippen LogP contribution < -0.4 is 11.1 Å². The van der Waals surface area contributed by atoms with E-state index in [1.807, 2.05) is 12.1 Å². The zero-order valence-electron chi connectivity index (χ0n) is 17.3. The van der Waals surface area contributed by atoms with Crippen molar-refractivity contribution in [2.24, 2.45) is 5.73 Å². The maximum Gasteiger partial charge on any atom is 0.356 e. The van der Waals surface area contributed by atoms with E-state index in [1.54, 1.807) is 0 Å². The monoisotopic (exact) mass is 428 g/mol. The first-order valence-corrected chi connectivity index (χ1v) is 10.1. The van der Waals surface area contributed by atoms with Gasteiger partial charge in [0.25, 0.3) is 0 Å². The number of H-pyrrole nitrogens is 1. The van der Waals surface area contributed by atoms with Gasteiger partial charge in [0, 0.05) is 31.4 Å². The molecule has 0 radical (unpaired) electrons. The van der Waals surface area contributed by atoms with Crippen LogP contribution in [0, 0.1) is 11.6 Å². The number of aromatic amines is 1. The SMILES string of the molecule is CCc1cccc(CNCC(OC(=O)c2ccn[nH]2)C(N)Cc2cc(F)cc(F)c2)c1. The van der Waals surface area contributed by atoms with E-state index >= 15 is 0 Å². The second-order valence-electron chi connectivity index (χ2n) is 7.36. The molecule has 8 heteroatoms. The molecule has 0 saturated carbocycles. The van der Waals surface area contributed by atoms with Gasteiger partial charge in [-0.05, 0) is 47.7 Å². The highest BCUT2D eigenvalue weighted by atomic mass is 19.1. The first-order valence-electron chi connectivity index (χ1n) is 10.1. The van der Waals surface area contributed by atoms with Crippen LogP contribution in [0.5, 0.6) is 0 Å². The molecule has 3 aromatic rings. The summed E-state index contributed by atoms with van der Waals surface area (Å²) in [5.74, 6) is -1.96. The minimum absolute atomic E-state index is 0.141. The number of ether oxygens (including phenoxy) is 1. The summed E-state index contributed by atoms with van der Waals surface area (Å²) >= 11 is 0. The lowest BCUT2D eigenvalue weighted by atomic mass is 10.0. The van der Waals surface area contributed by atoms with Crippen molar-refractivity contribution in [1.82, 2.24) is 15.5 Å². The number of halogens is 2. The van der Waals surface area contributed by atoms with Gasteiger partial charge in [0.15, 0.2) is 0 Å². The van der Waals surface area contributed by atoms with Crippen molar-refractivity contribution in [2.75, 3.05) is 6.54 Å². The van der Waals surface area contributed by atoms with Gasteiger partial charge in [-0.25, -0.2) is 13.6 Å². The Morgan fingerprint density at radius 2 is 1.87 bits per heavy atom. The van der Waals surface area contributed by atoms with Crippen molar-refractivity contribution in [3.8, 4) is 0 Å². The number of hydrogen-bond acceptors (Lipinski definition) is 5. The second kappa shape index (κ2) is 10.8. The van der Waals surface area contributed by atoms with E-state index in [-0.39, 0.29) is 18.7 Å². The molecule has 0 spiro atoms. The van der Waals surface area contributed by atoms with E-state index in [9.17, 15) is 13.6 Å². The Kier molecular flexibility index (Phi) is 7.86. The lowest BCUT2D eigenvalue weighted by molar-refractivity contribution is 0.0231. The molecule has 4 N–H and O–H groups in total. The summed E-state index contributed by atoms with van der Waals surface area (Å²) in [6, 6.07) is 12.2. The fourth-order valence-corrected chi connectivity index (χ4v) is 3.30. The first-order chi connectivity index (χ1) is 14.9. The molecule has 6 nitrogen and oxygen atoms in total. The van der Waals surface area contributed by atoms with Crippen LogP contribution in [-0.2, 0) is 24.1 Å². The highest BCUT2D eigenvalue weighted by molar-refractivity contribution is 5.87. The lowest BCUT2D eigenvalue weighted by Gasteiger charge is -2.24. The Bertz CT molecular complexity index is 975. The van der Waals surface area contributed by atoms with Crippen LogP contribution in [-0.4, -0.2) is 34.9 Å². The molecular weight excluding hydrogens is 402 g/mol. The van der Waals surface area contributed by atoms with E-state index in [1.165, 1.54) is 30.0 Å². The molecule has 0 amide bonds. The van der Waals surface area contributed by atoms with Crippen LogP contribution in [0.4, 0.5) is 8.78 Å². The molecule has 3 rings (SSSR count). The first kappa shape index (κ1) is 22.6. The molecule has 1 heterocycles. The van der Waals surface area contributed by atoms with Gasteiger partial charge in [0.1, 0.15) is 23.4 Å². The summed E-state index contributed by atoms with van der Waals surface area (Å²) in [5.41, 5.74) is 9.20. The smallest absolute Gasteiger partial charge is 0.356 e. The van der Waals surface area contributed by atoms with Crippen LogP contribution in [0.25, 0.3) is 0 Å². The number of nitrogens with zero attached hydrogens (tertiary/aromatic N) is 1. The molecule has 0 bridgehead atoms. The van der Waals surface area contributed by atoms with Gasteiger partial charge >= 0.3 is 5.97 Å². The summed E-state index contributed by atoms with van der Waals surface area (Å²) in [7, 11) is 0. The number of nitrogens with one attached hydrogen (secondary N) is 2. The van der Waals surface area contributed by atoms with E-state index in [0.717, 1.165) is 18.1 Å². The van der Waals surface area contributed by atoms with E-state index < -0.39 is 29.7 Å². The van der Waals surface area contributed by atoms with Gasteiger partial charge in [-0.3, -0.25) is 5.10 Å². The van der Waals surface area contributed by atoms with Crippen LogP contribution >= 0.6 is 0 Å². The Balaban J connectivity index is 1.67. The number of carbonyl (C=O) groups excluding carboxylic acids is 1. The maximum absolute atomic E-state index is 13.5. The van der Waals surface area contributed by atoms with Crippen LogP contribution in [0.2, 0.25) is 0 Å². The second-order valence-corrected chi connectivity index (χ2v) is 7.36. The fraction of sp³-hybridized carbons (Fsp3) is 0.304. The molecule has 0 saturated heterocycles. The van der Waals surface area contributed by atoms with Gasteiger partial charge < -0.3 is 15.8 Å². The molecule has 2 atom stereocenters. The Hall–Kier alpha value is -3.10. The summed E-state index contributed by atoms with van der Waals surface area (Å²) in [6.07, 6.45) is 1.80. The third-order valence-electron chi connectivity index (χ3n) is 4.92. The predicted octanol–water partition coefficient (Wildman–Crippen LogP) is 3.14. The Labute approximate surface area is 179 Å². The van der Waals surface area contributed by atoms with Crippen LogP contribution in [0.1, 0.15) is 34.1 Å². The van der Waals surface area contributed by atoms with Crippen molar-refractivity contribution in [3.63, 3.8) is 0 Å². The summed E-state index contributed by atoms with van der Waals surface area (Å²) in [4.78, 5) is 12.4. The number of esters is 1. The number of aryl methyl sites for hydroxylation is 1. The zero-order chi connectivity index (χ0) is 22.2.